The SMILES string of the molecule is CCCc1occc1C(=O)N1CCC(C(=O)O)C(C)C1. The Balaban J connectivity index is 2.07. The summed E-state index contributed by atoms with van der Waals surface area (Å²) in [6, 6.07) is 1.71. The summed E-state index contributed by atoms with van der Waals surface area (Å²) in [7, 11) is 0. The summed E-state index contributed by atoms with van der Waals surface area (Å²) in [5.41, 5.74) is 0.618. The molecule has 0 spiro atoms. The van der Waals surface area contributed by atoms with Gasteiger partial charge in [-0.3, -0.25) is 9.59 Å². The molecule has 1 N–H and O–H groups in total. The van der Waals surface area contributed by atoms with Gasteiger partial charge in [-0.05, 0) is 24.8 Å². The molecule has 0 bridgehead atoms. The Kier molecular flexibility index (Phi) is 4.47. The zero-order chi connectivity index (χ0) is 14.7. The number of carbonyl (C=O) groups excluding carboxylic acids is 1. The van der Waals surface area contributed by atoms with Crippen molar-refractivity contribution >= 4 is 11.9 Å². The van der Waals surface area contributed by atoms with Crippen LogP contribution in [-0.4, -0.2) is 35.0 Å². The van der Waals surface area contributed by atoms with E-state index in [-0.39, 0.29) is 17.7 Å². The van der Waals surface area contributed by atoms with Crippen LogP contribution in [0.3, 0.4) is 0 Å². The molecule has 5 heteroatoms. The zero-order valence-corrected chi connectivity index (χ0v) is 12.0. The van der Waals surface area contributed by atoms with Crippen LogP contribution in [0.2, 0.25) is 0 Å². The Morgan fingerprint density at radius 1 is 1.50 bits per heavy atom. The lowest BCUT2D eigenvalue weighted by molar-refractivity contribution is -0.145. The van der Waals surface area contributed by atoms with Crippen molar-refractivity contribution in [2.24, 2.45) is 11.8 Å². The molecule has 1 fully saturated rings. The maximum Gasteiger partial charge on any atom is 0.306 e. The van der Waals surface area contributed by atoms with Crippen molar-refractivity contribution in [1.82, 2.24) is 4.90 Å². The molecule has 1 saturated heterocycles. The third-order valence-electron chi connectivity index (χ3n) is 3.96. The third kappa shape index (κ3) is 2.86. The molecule has 1 aromatic heterocycles. The van der Waals surface area contributed by atoms with E-state index in [0.29, 0.717) is 25.1 Å². The quantitative estimate of drug-likeness (QED) is 0.918. The Hall–Kier alpha value is -1.78. The lowest BCUT2D eigenvalue weighted by Crippen LogP contribution is -2.45. The Morgan fingerprint density at radius 3 is 2.85 bits per heavy atom. The molecule has 2 rings (SSSR count). The Labute approximate surface area is 118 Å². The minimum absolute atomic E-state index is 0.0215. The summed E-state index contributed by atoms with van der Waals surface area (Å²) in [5, 5.41) is 9.11. The van der Waals surface area contributed by atoms with Gasteiger partial charge in [0.2, 0.25) is 0 Å². The molecule has 1 aliphatic rings. The maximum absolute atomic E-state index is 12.5. The number of rotatable bonds is 4. The lowest BCUT2D eigenvalue weighted by atomic mass is 9.87. The molecule has 1 amide bonds. The number of carbonyl (C=O) groups is 2. The minimum Gasteiger partial charge on any atom is -0.481 e. The second kappa shape index (κ2) is 6.11. The van der Waals surface area contributed by atoms with Gasteiger partial charge in [0, 0.05) is 19.5 Å². The summed E-state index contributed by atoms with van der Waals surface area (Å²) in [6.45, 7) is 4.92. The van der Waals surface area contributed by atoms with Crippen LogP contribution in [0.4, 0.5) is 0 Å². The van der Waals surface area contributed by atoms with Gasteiger partial charge in [0.1, 0.15) is 5.76 Å². The largest absolute Gasteiger partial charge is 0.481 e. The molecule has 0 saturated carbocycles. The first-order valence-electron chi connectivity index (χ1n) is 7.13. The van der Waals surface area contributed by atoms with Crippen LogP contribution < -0.4 is 0 Å². The molecule has 1 aromatic rings. The number of aryl methyl sites for hydroxylation is 1. The first kappa shape index (κ1) is 14.6. The number of nitrogens with zero attached hydrogens (tertiary/aromatic N) is 1. The van der Waals surface area contributed by atoms with Gasteiger partial charge in [0.15, 0.2) is 0 Å². The highest BCUT2D eigenvalue weighted by atomic mass is 16.4. The number of aliphatic carboxylic acids is 1. The lowest BCUT2D eigenvalue weighted by Gasteiger charge is -2.34. The van der Waals surface area contributed by atoms with Crippen LogP contribution >= 0.6 is 0 Å². The Morgan fingerprint density at radius 2 is 2.25 bits per heavy atom. The predicted molar refractivity (Wildman–Crippen MR) is 73.5 cm³/mol. The highest BCUT2D eigenvalue weighted by Crippen LogP contribution is 2.25. The molecule has 1 aliphatic heterocycles. The van der Waals surface area contributed by atoms with Gasteiger partial charge in [-0.15, -0.1) is 0 Å². The van der Waals surface area contributed by atoms with E-state index >= 15 is 0 Å². The van der Waals surface area contributed by atoms with Gasteiger partial charge in [-0.1, -0.05) is 13.8 Å². The fourth-order valence-corrected chi connectivity index (χ4v) is 2.82. The monoisotopic (exact) mass is 279 g/mol. The summed E-state index contributed by atoms with van der Waals surface area (Å²) < 4.78 is 5.36. The number of amides is 1. The van der Waals surface area contributed by atoms with Crippen LogP contribution in [0.5, 0.6) is 0 Å². The van der Waals surface area contributed by atoms with E-state index in [2.05, 4.69) is 0 Å². The van der Waals surface area contributed by atoms with Crippen LogP contribution in [0, 0.1) is 11.8 Å². The van der Waals surface area contributed by atoms with Crippen LogP contribution in [-0.2, 0) is 11.2 Å². The van der Waals surface area contributed by atoms with Crippen molar-refractivity contribution in [3.05, 3.63) is 23.7 Å². The van der Waals surface area contributed by atoms with E-state index in [4.69, 9.17) is 9.52 Å². The second-order valence-electron chi connectivity index (χ2n) is 5.47. The summed E-state index contributed by atoms with van der Waals surface area (Å²) in [4.78, 5) is 25.3. The molecule has 0 radical (unpaired) electrons. The minimum atomic E-state index is -0.764. The van der Waals surface area contributed by atoms with Gasteiger partial charge in [-0.25, -0.2) is 0 Å². The fraction of sp³-hybridized carbons (Fsp3) is 0.600. The normalized spacial score (nSPS) is 22.8. The van der Waals surface area contributed by atoms with E-state index in [1.807, 2.05) is 13.8 Å². The van der Waals surface area contributed by atoms with Crippen LogP contribution in [0.25, 0.3) is 0 Å². The number of piperidine rings is 1. The highest BCUT2D eigenvalue weighted by Gasteiger charge is 2.34. The molecule has 0 aromatic carbocycles. The van der Waals surface area contributed by atoms with Crippen molar-refractivity contribution in [2.75, 3.05) is 13.1 Å². The molecule has 2 heterocycles. The average molecular weight is 279 g/mol. The van der Waals surface area contributed by atoms with Crippen molar-refractivity contribution in [2.45, 2.75) is 33.1 Å². The van der Waals surface area contributed by atoms with Gasteiger partial charge in [0.05, 0.1) is 17.7 Å². The molecule has 2 atom stereocenters. The van der Waals surface area contributed by atoms with Crippen molar-refractivity contribution in [1.29, 1.82) is 0 Å². The number of furan rings is 1. The van der Waals surface area contributed by atoms with E-state index in [1.165, 1.54) is 0 Å². The van der Waals surface area contributed by atoms with Crippen molar-refractivity contribution in [3.8, 4) is 0 Å². The Bertz CT molecular complexity index is 494. The summed E-state index contributed by atoms with van der Waals surface area (Å²) in [6.07, 6.45) is 3.73. The standard InChI is InChI=1S/C15H21NO4/c1-3-4-13-12(6-8-20-13)14(17)16-7-5-11(15(18)19)10(2)9-16/h6,8,10-11H,3-5,7,9H2,1-2H3,(H,18,19). The van der Waals surface area contributed by atoms with Gasteiger partial charge in [0.25, 0.3) is 5.91 Å². The third-order valence-corrected chi connectivity index (χ3v) is 3.96. The van der Waals surface area contributed by atoms with Crippen LogP contribution in [0.1, 0.15) is 42.8 Å². The first-order chi connectivity index (χ1) is 9.54. The smallest absolute Gasteiger partial charge is 0.306 e. The number of carboxylic acids is 1. The molecular weight excluding hydrogens is 258 g/mol. The average Bonchev–Trinajstić information content (AvgIpc) is 2.86. The molecule has 0 aliphatic carbocycles. The van der Waals surface area contributed by atoms with E-state index < -0.39 is 5.97 Å². The van der Waals surface area contributed by atoms with Crippen LogP contribution in [0.15, 0.2) is 16.7 Å². The van der Waals surface area contributed by atoms with Gasteiger partial charge in [-0.2, -0.15) is 0 Å². The van der Waals surface area contributed by atoms with Gasteiger partial charge < -0.3 is 14.4 Å². The second-order valence-corrected chi connectivity index (χ2v) is 5.47. The molecule has 20 heavy (non-hydrogen) atoms. The fourth-order valence-electron chi connectivity index (χ4n) is 2.82. The van der Waals surface area contributed by atoms with E-state index in [0.717, 1.165) is 18.6 Å². The molecular formula is C15H21NO4. The van der Waals surface area contributed by atoms with E-state index in [9.17, 15) is 9.59 Å². The summed E-state index contributed by atoms with van der Waals surface area (Å²) in [5.74, 6) is -0.451. The van der Waals surface area contributed by atoms with Crippen molar-refractivity contribution in [3.63, 3.8) is 0 Å². The topological polar surface area (TPSA) is 70.8 Å². The van der Waals surface area contributed by atoms with Crippen molar-refractivity contribution < 1.29 is 19.1 Å². The van der Waals surface area contributed by atoms with E-state index in [1.54, 1.807) is 17.2 Å². The number of likely N-dealkylation sites (tertiary alicyclic amines) is 1. The highest BCUT2D eigenvalue weighted by molar-refractivity contribution is 5.95. The number of hydrogen-bond acceptors (Lipinski definition) is 3. The molecule has 2 unspecified atom stereocenters. The maximum atomic E-state index is 12.5. The molecule has 110 valence electrons. The summed E-state index contributed by atoms with van der Waals surface area (Å²) >= 11 is 0. The first-order valence-corrected chi connectivity index (χ1v) is 7.13. The van der Waals surface area contributed by atoms with Gasteiger partial charge >= 0.3 is 5.97 Å². The molecule has 5 nitrogen and oxygen atoms in total. The number of hydrogen-bond donors (Lipinski definition) is 1. The zero-order valence-electron chi connectivity index (χ0n) is 12.0. The number of carboxylic acid groups (broad SMARTS) is 1. The predicted octanol–water partition coefficient (Wildman–Crippen LogP) is 2.41.